The number of hydrogen-bond acceptors (Lipinski definition) is 3. The number of nitrogens with zero attached hydrogens (tertiary/aromatic N) is 2. The van der Waals surface area contributed by atoms with Crippen molar-refractivity contribution < 1.29 is 18.3 Å². The molecule has 1 unspecified atom stereocenters. The second-order valence-corrected chi connectivity index (χ2v) is 4.36. The second-order valence-electron chi connectivity index (χ2n) is 4.36. The summed E-state index contributed by atoms with van der Waals surface area (Å²) in [7, 11) is 3.11. The van der Waals surface area contributed by atoms with Gasteiger partial charge in [-0.25, -0.2) is 0 Å². The van der Waals surface area contributed by atoms with E-state index in [1.807, 2.05) is 0 Å². The smallest absolute Gasteiger partial charge is 0.315 e. The number of alkyl halides is 2. The molecule has 0 spiro atoms. The van der Waals surface area contributed by atoms with Crippen molar-refractivity contribution in [1.82, 2.24) is 15.1 Å². The first kappa shape index (κ1) is 15.0. The van der Waals surface area contributed by atoms with Crippen molar-refractivity contribution in [2.45, 2.75) is 12.5 Å². The molecule has 0 aliphatic heterocycles. The molecule has 1 aromatic carbocycles. The van der Waals surface area contributed by atoms with E-state index < -0.39 is 18.4 Å². The zero-order valence-corrected chi connectivity index (χ0v) is 11.6. The van der Waals surface area contributed by atoms with Crippen LogP contribution in [0.3, 0.4) is 0 Å². The molecule has 0 aliphatic rings. The van der Waals surface area contributed by atoms with Crippen molar-refractivity contribution in [3.8, 4) is 5.75 Å². The average Bonchev–Trinajstić information content (AvgIpc) is 2.85. The number of methoxy groups -OCH3 is 1. The molecule has 0 bridgehead atoms. The molecule has 0 fully saturated rings. The highest BCUT2D eigenvalue weighted by Gasteiger charge is 2.29. The van der Waals surface area contributed by atoms with Gasteiger partial charge in [-0.2, -0.15) is 13.9 Å². The summed E-state index contributed by atoms with van der Waals surface area (Å²) in [6.07, 6.45) is 1.51. The maximum atomic E-state index is 12.5. The summed E-state index contributed by atoms with van der Waals surface area (Å²) in [5.41, 5.74) is 0.999. The molecule has 1 amide bonds. The third-order valence-corrected chi connectivity index (χ3v) is 3.12. The van der Waals surface area contributed by atoms with Crippen LogP contribution in [0, 0.1) is 0 Å². The Balaban J connectivity index is 2.51. The standard InChI is InChI=1S/C14H15F2N3O2/c1-19-10(7-8-17-19)12(13(20)18-14(15)16)9-5-3-4-6-11(9)21-2/h3-8,12,14H,1-2H3,(H,18,20). The molecule has 0 saturated carbocycles. The van der Waals surface area contributed by atoms with Crippen molar-refractivity contribution in [1.29, 1.82) is 0 Å². The van der Waals surface area contributed by atoms with Crippen LogP contribution in [-0.4, -0.2) is 29.3 Å². The van der Waals surface area contributed by atoms with Crippen LogP contribution in [0.4, 0.5) is 8.78 Å². The van der Waals surface area contributed by atoms with Gasteiger partial charge in [-0.15, -0.1) is 0 Å². The van der Waals surface area contributed by atoms with Gasteiger partial charge in [-0.3, -0.25) is 14.8 Å². The van der Waals surface area contributed by atoms with Crippen LogP contribution in [-0.2, 0) is 11.8 Å². The summed E-state index contributed by atoms with van der Waals surface area (Å²) in [6.45, 7) is -2.93. The summed E-state index contributed by atoms with van der Waals surface area (Å²) in [5, 5.41) is 5.63. The first-order valence-electron chi connectivity index (χ1n) is 6.24. The fourth-order valence-corrected chi connectivity index (χ4v) is 2.20. The van der Waals surface area contributed by atoms with Gasteiger partial charge >= 0.3 is 6.55 Å². The van der Waals surface area contributed by atoms with Gasteiger partial charge in [0, 0.05) is 18.8 Å². The minimum absolute atomic E-state index is 0.452. The molecule has 0 aliphatic carbocycles. The molecule has 0 saturated heterocycles. The SMILES string of the molecule is COc1ccccc1C(C(=O)NC(F)F)c1ccnn1C. The lowest BCUT2D eigenvalue weighted by molar-refractivity contribution is -0.125. The molecule has 1 aromatic heterocycles. The molecule has 1 heterocycles. The molecule has 1 N–H and O–H groups in total. The van der Waals surface area contributed by atoms with Crippen molar-refractivity contribution in [2.75, 3.05) is 7.11 Å². The van der Waals surface area contributed by atoms with Crippen molar-refractivity contribution >= 4 is 5.91 Å². The molecule has 1 atom stereocenters. The average molecular weight is 295 g/mol. The Hall–Kier alpha value is -2.44. The highest BCUT2D eigenvalue weighted by atomic mass is 19.3. The van der Waals surface area contributed by atoms with E-state index in [2.05, 4.69) is 5.10 Å². The van der Waals surface area contributed by atoms with Crippen LogP contribution in [0.5, 0.6) is 5.75 Å². The highest BCUT2D eigenvalue weighted by Crippen LogP contribution is 2.31. The number of aryl methyl sites for hydroxylation is 1. The molecule has 0 radical (unpaired) electrons. The van der Waals surface area contributed by atoms with E-state index in [9.17, 15) is 13.6 Å². The Bertz CT molecular complexity index is 628. The van der Waals surface area contributed by atoms with Gasteiger partial charge in [0.25, 0.3) is 0 Å². The highest BCUT2D eigenvalue weighted by molar-refractivity contribution is 5.87. The van der Waals surface area contributed by atoms with Crippen LogP contribution in [0.25, 0.3) is 0 Å². The van der Waals surface area contributed by atoms with Gasteiger partial charge in [0.05, 0.1) is 12.8 Å². The maximum Gasteiger partial charge on any atom is 0.315 e. The van der Waals surface area contributed by atoms with Gasteiger partial charge in [-0.1, -0.05) is 18.2 Å². The predicted molar refractivity (Wildman–Crippen MR) is 72.2 cm³/mol. The van der Waals surface area contributed by atoms with Gasteiger partial charge in [0.1, 0.15) is 11.7 Å². The Kier molecular flexibility index (Phi) is 4.52. The zero-order chi connectivity index (χ0) is 15.4. The lowest BCUT2D eigenvalue weighted by Gasteiger charge is -2.19. The van der Waals surface area contributed by atoms with E-state index in [-0.39, 0.29) is 0 Å². The van der Waals surface area contributed by atoms with Crippen molar-refractivity contribution in [2.24, 2.45) is 7.05 Å². The Morgan fingerprint density at radius 1 is 1.33 bits per heavy atom. The lowest BCUT2D eigenvalue weighted by atomic mass is 9.93. The number of benzene rings is 1. The number of carbonyl (C=O) groups is 1. The second kappa shape index (κ2) is 6.34. The number of nitrogens with one attached hydrogen (secondary N) is 1. The van der Waals surface area contributed by atoms with E-state index in [0.29, 0.717) is 17.0 Å². The molecule has 2 aromatic rings. The molecule has 7 heteroatoms. The van der Waals surface area contributed by atoms with Crippen LogP contribution in [0.2, 0.25) is 0 Å². The summed E-state index contributed by atoms with van der Waals surface area (Å²) < 4.78 is 31.7. The van der Waals surface area contributed by atoms with Gasteiger partial charge in [0.15, 0.2) is 0 Å². The summed E-state index contributed by atoms with van der Waals surface area (Å²) in [4.78, 5) is 12.2. The van der Waals surface area contributed by atoms with Crippen LogP contribution in [0.15, 0.2) is 36.5 Å². The van der Waals surface area contributed by atoms with E-state index in [1.54, 1.807) is 42.7 Å². The van der Waals surface area contributed by atoms with Gasteiger partial charge in [0.2, 0.25) is 5.91 Å². The van der Waals surface area contributed by atoms with E-state index in [0.717, 1.165) is 0 Å². The van der Waals surface area contributed by atoms with Gasteiger partial charge in [-0.05, 0) is 12.1 Å². The molecule has 2 rings (SSSR count). The number of ether oxygens (including phenoxy) is 1. The first-order chi connectivity index (χ1) is 10.0. The molecular weight excluding hydrogens is 280 g/mol. The maximum absolute atomic E-state index is 12.5. The van der Waals surface area contributed by atoms with Crippen molar-refractivity contribution in [3.05, 3.63) is 47.8 Å². The quantitative estimate of drug-likeness (QED) is 0.857. The molecule has 5 nitrogen and oxygen atoms in total. The van der Waals surface area contributed by atoms with E-state index in [1.165, 1.54) is 18.0 Å². The van der Waals surface area contributed by atoms with E-state index in [4.69, 9.17) is 4.74 Å². The number of rotatable bonds is 5. The number of aromatic nitrogens is 2. The van der Waals surface area contributed by atoms with Crippen molar-refractivity contribution in [3.63, 3.8) is 0 Å². The number of hydrogen-bond donors (Lipinski definition) is 1. The first-order valence-corrected chi connectivity index (χ1v) is 6.24. The normalized spacial score (nSPS) is 12.2. The molecule has 21 heavy (non-hydrogen) atoms. The minimum Gasteiger partial charge on any atom is -0.496 e. The summed E-state index contributed by atoms with van der Waals surface area (Å²) in [6, 6.07) is 8.42. The van der Waals surface area contributed by atoms with Crippen LogP contribution in [0.1, 0.15) is 17.2 Å². The number of halogens is 2. The zero-order valence-electron chi connectivity index (χ0n) is 11.6. The predicted octanol–water partition coefficient (Wildman–Crippen LogP) is 1.90. The van der Waals surface area contributed by atoms with Crippen LogP contribution >= 0.6 is 0 Å². The fourth-order valence-electron chi connectivity index (χ4n) is 2.20. The summed E-state index contributed by atoms with van der Waals surface area (Å²) in [5.74, 6) is -1.28. The third kappa shape index (κ3) is 3.18. The minimum atomic E-state index is -2.93. The molecular formula is C14H15F2N3O2. The Morgan fingerprint density at radius 3 is 2.62 bits per heavy atom. The topological polar surface area (TPSA) is 56.1 Å². The third-order valence-electron chi connectivity index (χ3n) is 3.12. The fraction of sp³-hybridized carbons (Fsp3) is 0.286. The number of para-hydroxylation sites is 1. The van der Waals surface area contributed by atoms with Crippen LogP contribution < -0.4 is 10.1 Å². The number of carbonyl (C=O) groups excluding carboxylic acids is 1. The monoisotopic (exact) mass is 295 g/mol. The number of amides is 1. The van der Waals surface area contributed by atoms with Gasteiger partial charge < -0.3 is 4.74 Å². The summed E-state index contributed by atoms with van der Waals surface area (Å²) >= 11 is 0. The Labute approximate surface area is 120 Å². The lowest BCUT2D eigenvalue weighted by Crippen LogP contribution is -2.34. The largest absolute Gasteiger partial charge is 0.496 e. The Morgan fingerprint density at radius 2 is 2.05 bits per heavy atom. The van der Waals surface area contributed by atoms with E-state index >= 15 is 0 Å². The molecule has 112 valence electrons.